The molecular formula is C19H11Cl2FO5. The Morgan fingerprint density at radius 2 is 2.00 bits per heavy atom. The number of carbonyl (C=O) groups is 2. The summed E-state index contributed by atoms with van der Waals surface area (Å²) in [5.74, 6) is -3.11. The molecule has 0 spiro atoms. The van der Waals surface area contributed by atoms with Crippen molar-refractivity contribution in [1.29, 1.82) is 0 Å². The lowest BCUT2D eigenvalue weighted by atomic mass is 9.82. The van der Waals surface area contributed by atoms with E-state index in [-0.39, 0.29) is 26.9 Å². The fourth-order valence-corrected chi connectivity index (χ4v) is 3.77. The molecule has 2 aromatic carbocycles. The van der Waals surface area contributed by atoms with Crippen LogP contribution in [0.2, 0.25) is 10.0 Å². The molecule has 3 aromatic rings. The summed E-state index contributed by atoms with van der Waals surface area (Å²) in [5, 5.41) is 10.3. The Bertz CT molecular complexity index is 1120. The van der Waals surface area contributed by atoms with E-state index in [1.807, 2.05) is 0 Å². The number of alkyl halides is 1. The fraction of sp³-hybridized carbons (Fsp3) is 0.158. The summed E-state index contributed by atoms with van der Waals surface area (Å²) in [6.07, 6.45) is -0.322. The molecule has 0 amide bonds. The lowest BCUT2D eigenvalue weighted by Crippen LogP contribution is -2.52. The van der Waals surface area contributed by atoms with Gasteiger partial charge in [-0.05, 0) is 36.8 Å². The molecule has 2 heterocycles. The van der Waals surface area contributed by atoms with Crippen LogP contribution in [0, 0.1) is 6.92 Å². The van der Waals surface area contributed by atoms with Gasteiger partial charge in [-0.2, -0.15) is 0 Å². The number of Topliss-reactive ketones (excluding diaryl/α,β-unsaturated/α-hetero) is 1. The van der Waals surface area contributed by atoms with Crippen LogP contribution in [0.3, 0.4) is 0 Å². The quantitative estimate of drug-likeness (QED) is 0.592. The number of ether oxygens (including phenoxy) is 1. The van der Waals surface area contributed by atoms with Crippen molar-refractivity contribution in [2.24, 2.45) is 0 Å². The smallest absolute Gasteiger partial charge is 0.354 e. The summed E-state index contributed by atoms with van der Waals surface area (Å²) in [7, 11) is 0. The van der Waals surface area contributed by atoms with Gasteiger partial charge in [0.2, 0.25) is 5.78 Å². The van der Waals surface area contributed by atoms with Crippen LogP contribution in [-0.2, 0) is 4.79 Å². The first kappa shape index (κ1) is 17.8. The molecule has 0 bridgehead atoms. The third-order valence-electron chi connectivity index (χ3n) is 4.60. The van der Waals surface area contributed by atoms with Gasteiger partial charge in [0, 0.05) is 15.6 Å². The summed E-state index contributed by atoms with van der Waals surface area (Å²) >= 11 is 12.0. The van der Waals surface area contributed by atoms with Crippen molar-refractivity contribution in [2.75, 3.05) is 0 Å². The highest BCUT2D eigenvalue weighted by atomic mass is 35.5. The van der Waals surface area contributed by atoms with Gasteiger partial charge in [-0.1, -0.05) is 29.3 Å². The van der Waals surface area contributed by atoms with Gasteiger partial charge in [0.25, 0.3) is 0 Å². The molecule has 4 rings (SSSR count). The molecule has 27 heavy (non-hydrogen) atoms. The van der Waals surface area contributed by atoms with Gasteiger partial charge in [-0.3, -0.25) is 4.79 Å². The largest absolute Gasteiger partial charge is 0.480 e. The maximum Gasteiger partial charge on any atom is 0.354 e. The highest BCUT2D eigenvalue weighted by Crippen LogP contribution is 2.48. The number of benzene rings is 2. The summed E-state index contributed by atoms with van der Waals surface area (Å²) in [6, 6.07) is 6.85. The molecule has 1 aliphatic heterocycles. The minimum absolute atomic E-state index is 0.00289. The molecule has 0 radical (unpaired) electrons. The minimum Gasteiger partial charge on any atom is -0.480 e. The summed E-state index contributed by atoms with van der Waals surface area (Å²) in [4.78, 5) is 24.7. The first-order chi connectivity index (χ1) is 12.7. The Labute approximate surface area is 162 Å². The van der Waals surface area contributed by atoms with Crippen LogP contribution in [0.15, 0.2) is 41.0 Å². The number of ketones is 1. The molecule has 2 unspecified atom stereocenters. The van der Waals surface area contributed by atoms with Gasteiger partial charge in [0.05, 0.1) is 17.2 Å². The van der Waals surface area contributed by atoms with E-state index < -0.39 is 23.5 Å². The number of halogens is 3. The van der Waals surface area contributed by atoms with Crippen molar-refractivity contribution in [2.45, 2.75) is 18.7 Å². The Kier molecular flexibility index (Phi) is 3.94. The molecule has 2 atom stereocenters. The molecule has 1 aliphatic rings. The molecule has 0 fully saturated rings. The normalized spacial score (nSPS) is 21.8. The zero-order valence-corrected chi connectivity index (χ0v) is 15.3. The second-order valence-electron chi connectivity index (χ2n) is 6.24. The second-order valence-corrected chi connectivity index (χ2v) is 7.09. The number of rotatable bonds is 2. The first-order valence-electron chi connectivity index (χ1n) is 7.84. The average molecular weight is 409 g/mol. The maximum absolute atomic E-state index is 15.6. The van der Waals surface area contributed by atoms with Crippen LogP contribution in [0.4, 0.5) is 4.39 Å². The zero-order valence-electron chi connectivity index (χ0n) is 13.8. The van der Waals surface area contributed by atoms with Gasteiger partial charge < -0.3 is 14.3 Å². The maximum atomic E-state index is 15.6. The fourth-order valence-electron chi connectivity index (χ4n) is 3.26. The number of aryl methyl sites for hydroxylation is 1. The summed E-state index contributed by atoms with van der Waals surface area (Å²) in [5.41, 5.74) is -2.42. The Hall–Kier alpha value is -2.57. The molecule has 1 N–H and O–H groups in total. The molecule has 8 heteroatoms. The SMILES string of the molecule is Cc1coc2ccc3c(c12)OC(c1ccc(Cl)cc1Cl)C(F)(C(=O)O)C3=O. The number of furan rings is 1. The predicted octanol–water partition coefficient (Wildman–Crippen LogP) is 5.16. The number of hydrogen-bond donors (Lipinski definition) is 1. The van der Waals surface area contributed by atoms with Gasteiger partial charge in [-0.25, -0.2) is 9.18 Å². The van der Waals surface area contributed by atoms with Gasteiger partial charge in [0.15, 0.2) is 6.10 Å². The lowest BCUT2D eigenvalue weighted by Gasteiger charge is -2.35. The van der Waals surface area contributed by atoms with Crippen molar-refractivity contribution in [3.05, 3.63) is 63.3 Å². The Morgan fingerprint density at radius 3 is 2.67 bits per heavy atom. The third kappa shape index (κ3) is 2.44. The van der Waals surface area contributed by atoms with E-state index in [1.54, 1.807) is 6.92 Å². The van der Waals surface area contributed by atoms with E-state index in [1.165, 1.54) is 36.6 Å². The highest BCUT2D eigenvalue weighted by molar-refractivity contribution is 6.35. The standard InChI is InChI=1S/C19H11Cl2FO5/c1-8-7-26-13-5-4-11-15(14(8)13)27-17(19(22,16(11)23)18(24)25)10-3-2-9(20)6-12(10)21/h2-7,17H,1H3,(H,24,25). The lowest BCUT2D eigenvalue weighted by molar-refractivity contribution is -0.154. The van der Waals surface area contributed by atoms with E-state index >= 15 is 4.39 Å². The first-order valence-corrected chi connectivity index (χ1v) is 8.60. The van der Waals surface area contributed by atoms with Gasteiger partial charge in [0.1, 0.15) is 11.3 Å². The molecule has 0 saturated carbocycles. The van der Waals surface area contributed by atoms with Crippen LogP contribution in [0.1, 0.15) is 27.6 Å². The van der Waals surface area contributed by atoms with Crippen LogP contribution in [0.25, 0.3) is 11.0 Å². The second kappa shape index (κ2) is 5.97. The molecule has 5 nitrogen and oxygen atoms in total. The molecular weight excluding hydrogens is 398 g/mol. The van der Waals surface area contributed by atoms with E-state index in [2.05, 4.69) is 0 Å². The molecule has 0 aliphatic carbocycles. The van der Waals surface area contributed by atoms with E-state index in [9.17, 15) is 14.7 Å². The van der Waals surface area contributed by atoms with E-state index in [0.717, 1.165) is 0 Å². The number of carboxylic acid groups (broad SMARTS) is 1. The Balaban J connectivity index is 2.01. The van der Waals surface area contributed by atoms with Crippen molar-refractivity contribution in [3.8, 4) is 5.75 Å². The topological polar surface area (TPSA) is 76.7 Å². The number of carboxylic acids is 1. The minimum atomic E-state index is -3.35. The van der Waals surface area contributed by atoms with Gasteiger partial charge >= 0.3 is 11.6 Å². The summed E-state index contributed by atoms with van der Waals surface area (Å²) in [6.45, 7) is 1.73. The highest BCUT2D eigenvalue weighted by Gasteiger charge is 2.60. The van der Waals surface area contributed by atoms with Crippen LogP contribution in [-0.4, -0.2) is 22.5 Å². The van der Waals surface area contributed by atoms with E-state index in [0.29, 0.717) is 16.5 Å². The monoisotopic (exact) mass is 408 g/mol. The number of hydrogen-bond acceptors (Lipinski definition) is 4. The number of carbonyl (C=O) groups excluding carboxylic acids is 1. The predicted molar refractivity (Wildman–Crippen MR) is 96.6 cm³/mol. The Morgan fingerprint density at radius 1 is 1.26 bits per heavy atom. The van der Waals surface area contributed by atoms with Crippen molar-refractivity contribution >= 4 is 45.9 Å². The zero-order chi connectivity index (χ0) is 19.5. The number of fused-ring (bicyclic) bond motifs is 3. The van der Waals surface area contributed by atoms with Crippen LogP contribution in [0.5, 0.6) is 5.75 Å². The molecule has 0 saturated heterocycles. The van der Waals surface area contributed by atoms with Crippen molar-refractivity contribution in [1.82, 2.24) is 0 Å². The molecule has 138 valence electrons. The molecule has 1 aromatic heterocycles. The number of aliphatic carboxylic acids is 1. The van der Waals surface area contributed by atoms with Crippen molar-refractivity contribution < 1.29 is 28.2 Å². The third-order valence-corrected chi connectivity index (χ3v) is 5.17. The van der Waals surface area contributed by atoms with Crippen LogP contribution < -0.4 is 4.74 Å². The average Bonchev–Trinajstić information content (AvgIpc) is 2.99. The summed E-state index contributed by atoms with van der Waals surface area (Å²) < 4.78 is 26.8. The van der Waals surface area contributed by atoms with Gasteiger partial charge in [-0.15, -0.1) is 0 Å². The van der Waals surface area contributed by atoms with E-state index in [4.69, 9.17) is 32.4 Å². The van der Waals surface area contributed by atoms with Crippen LogP contribution >= 0.6 is 23.2 Å². The van der Waals surface area contributed by atoms with Crippen molar-refractivity contribution in [3.63, 3.8) is 0 Å².